The molecule has 0 amide bonds. The summed E-state index contributed by atoms with van der Waals surface area (Å²) in [5.74, 6) is -0.602. The lowest BCUT2D eigenvalue weighted by molar-refractivity contribution is -0.138. The highest BCUT2D eigenvalue weighted by Crippen LogP contribution is 2.29. The van der Waals surface area contributed by atoms with Crippen molar-refractivity contribution in [3.05, 3.63) is 64.1 Å². The summed E-state index contributed by atoms with van der Waals surface area (Å²) in [5, 5.41) is 9.54. The topological polar surface area (TPSA) is 49.8 Å². The largest absolute Gasteiger partial charge is 0.491 e. The maximum Gasteiger partial charge on any atom is 0.311 e. The Morgan fingerprint density at radius 2 is 1.92 bits per heavy atom. The van der Waals surface area contributed by atoms with Crippen LogP contribution in [-0.2, 0) is 11.2 Å². The van der Waals surface area contributed by atoms with Crippen LogP contribution in [0.3, 0.4) is 0 Å². The summed E-state index contributed by atoms with van der Waals surface area (Å²) in [6.07, 6.45) is 0.440. The van der Waals surface area contributed by atoms with Gasteiger partial charge in [-0.05, 0) is 59.7 Å². The Morgan fingerprint density at radius 3 is 2.50 bits per heavy atom. The third kappa shape index (κ3) is 5.35. The average Bonchev–Trinajstić information content (AvgIpc) is 2.54. The molecule has 1 unspecified atom stereocenters. The third-order valence-corrected chi connectivity index (χ3v) is 4.35. The zero-order chi connectivity index (χ0) is 17.5. The molecule has 2 rings (SSSR count). The number of carbonyl (C=O) groups is 1. The molecule has 0 aliphatic carbocycles. The first kappa shape index (κ1) is 18.5. The van der Waals surface area contributed by atoms with Gasteiger partial charge in [0.15, 0.2) is 0 Å². The zero-order valence-corrected chi connectivity index (χ0v) is 15.5. The summed E-state index contributed by atoms with van der Waals surface area (Å²) >= 11 is 3.51. The highest BCUT2D eigenvalue weighted by molar-refractivity contribution is 9.10. The minimum Gasteiger partial charge on any atom is -0.491 e. The number of halogens is 1. The smallest absolute Gasteiger partial charge is 0.311 e. The molecular formula is C19H22BrNO3. The molecule has 2 aromatic carbocycles. The predicted octanol–water partition coefficient (Wildman–Crippen LogP) is 3.80. The van der Waals surface area contributed by atoms with Gasteiger partial charge in [0, 0.05) is 6.54 Å². The van der Waals surface area contributed by atoms with Crippen LogP contribution in [0.25, 0.3) is 0 Å². The molecule has 0 saturated carbocycles. The maximum atomic E-state index is 11.6. The molecule has 4 nitrogen and oxygen atoms in total. The second-order valence-corrected chi connectivity index (χ2v) is 6.78. The number of aliphatic carboxylic acids is 1. The SMILES string of the molecule is CN(C)CCOc1ccc(CC(C(=O)O)c2ccccc2)cc1Br. The third-order valence-electron chi connectivity index (χ3n) is 3.73. The molecule has 0 radical (unpaired) electrons. The molecule has 2 aromatic rings. The minimum atomic E-state index is -0.816. The molecule has 1 atom stereocenters. The quantitative estimate of drug-likeness (QED) is 0.743. The monoisotopic (exact) mass is 391 g/mol. The van der Waals surface area contributed by atoms with Crippen molar-refractivity contribution in [2.75, 3.05) is 27.2 Å². The first-order valence-electron chi connectivity index (χ1n) is 7.81. The molecule has 0 heterocycles. The standard InChI is InChI=1S/C19H22BrNO3/c1-21(2)10-11-24-18-9-8-14(13-17(18)20)12-16(19(22)23)15-6-4-3-5-7-15/h3-9,13,16H,10-12H2,1-2H3,(H,22,23). The molecule has 1 N–H and O–H groups in total. The summed E-state index contributed by atoms with van der Waals surface area (Å²) in [4.78, 5) is 13.7. The van der Waals surface area contributed by atoms with Crippen LogP contribution in [0.4, 0.5) is 0 Å². The number of benzene rings is 2. The van der Waals surface area contributed by atoms with Gasteiger partial charge in [-0.15, -0.1) is 0 Å². The Kier molecular flexibility index (Phi) is 6.82. The van der Waals surface area contributed by atoms with E-state index in [0.717, 1.165) is 27.9 Å². The Morgan fingerprint density at radius 1 is 1.21 bits per heavy atom. The van der Waals surface area contributed by atoms with Gasteiger partial charge in [-0.2, -0.15) is 0 Å². The van der Waals surface area contributed by atoms with Crippen LogP contribution >= 0.6 is 15.9 Å². The van der Waals surface area contributed by atoms with Gasteiger partial charge in [0.2, 0.25) is 0 Å². The molecule has 0 saturated heterocycles. The second kappa shape index (κ2) is 8.85. The number of carboxylic acid groups (broad SMARTS) is 1. The number of nitrogens with zero attached hydrogens (tertiary/aromatic N) is 1. The number of hydrogen-bond donors (Lipinski definition) is 1. The molecule has 0 bridgehead atoms. The Bertz CT molecular complexity index is 674. The van der Waals surface area contributed by atoms with Gasteiger partial charge in [-0.3, -0.25) is 4.79 Å². The van der Waals surface area contributed by atoms with Gasteiger partial charge in [0.1, 0.15) is 12.4 Å². The second-order valence-electron chi connectivity index (χ2n) is 5.92. The van der Waals surface area contributed by atoms with Crippen molar-refractivity contribution < 1.29 is 14.6 Å². The molecule has 0 fully saturated rings. The molecule has 0 aromatic heterocycles. The van der Waals surface area contributed by atoms with E-state index in [-0.39, 0.29) is 0 Å². The zero-order valence-electron chi connectivity index (χ0n) is 13.9. The van der Waals surface area contributed by atoms with Crippen molar-refractivity contribution in [3.8, 4) is 5.75 Å². The van der Waals surface area contributed by atoms with Crippen molar-refractivity contribution >= 4 is 21.9 Å². The van der Waals surface area contributed by atoms with E-state index in [0.29, 0.717) is 13.0 Å². The van der Waals surface area contributed by atoms with Gasteiger partial charge < -0.3 is 14.7 Å². The molecule has 24 heavy (non-hydrogen) atoms. The van der Waals surface area contributed by atoms with E-state index in [2.05, 4.69) is 20.8 Å². The van der Waals surface area contributed by atoms with Crippen molar-refractivity contribution in [3.63, 3.8) is 0 Å². The summed E-state index contributed by atoms with van der Waals surface area (Å²) in [7, 11) is 3.99. The van der Waals surface area contributed by atoms with Crippen molar-refractivity contribution in [1.29, 1.82) is 0 Å². The molecule has 128 valence electrons. The van der Waals surface area contributed by atoms with E-state index >= 15 is 0 Å². The Balaban J connectivity index is 2.08. The van der Waals surface area contributed by atoms with Crippen LogP contribution in [0.2, 0.25) is 0 Å². The van der Waals surface area contributed by atoms with Gasteiger partial charge in [-0.25, -0.2) is 0 Å². The molecular weight excluding hydrogens is 370 g/mol. The maximum absolute atomic E-state index is 11.6. The lowest BCUT2D eigenvalue weighted by Gasteiger charge is -2.15. The van der Waals surface area contributed by atoms with Gasteiger partial charge in [0.05, 0.1) is 10.4 Å². The number of rotatable bonds is 8. The van der Waals surface area contributed by atoms with Crippen molar-refractivity contribution in [1.82, 2.24) is 4.90 Å². The first-order valence-corrected chi connectivity index (χ1v) is 8.60. The molecule has 0 spiro atoms. The fourth-order valence-corrected chi connectivity index (χ4v) is 2.94. The normalized spacial score (nSPS) is 12.2. The Hall–Kier alpha value is -1.85. The van der Waals surface area contributed by atoms with E-state index in [9.17, 15) is 9.90 Å². The number of hydrogen-bond acceptors (Lipinski definition) is 3. The van der Waals surface area contributed by atoms with Crippen molar-refractivity contribution in [2.45, 2.75) is 12.3 Å². The summed E-state index contributed by atoms with van der Waals surface area (Å²) in [6.45, 7) is 1.44. The van der Waals surface area contributed by atoms with E-state index in [1.165, 1.54) is 0 Å². The predicted molar refractivity (Wildman–Crippen MR) is 98.7 cm³/mol. The number of likely N-dealkylation sites (N-methyl/N-ethyl adjacent to an activating group) is 1. The van der Waals surface area contributed by atoms with Crippen LogP contribution in [0.1, 0.15) is 17.0 Å². The fourth-order valence-electron chi connectivity index (χ4n) is 2.40. The van der Waals surface area contributed by atoms with Crippen LogP contribution in [0.15, 0.2) is 53.0 Å². The van der Waals surface area contributed by atoms with E-state index in [4.69, 9.17) is 4.74 Å². The number of ether oxygens (including phenoxy) is 1. The van der Waals surface area contributed by atoms with Crippen molar-refractivity contribution in [2.24, 2.45) is 0 Å². The van der Waals surface area contributed by atoms with Crippen LogP contribution < -0.4 is 4.74 Å². The van der Waals surface area contributed by atoms with E-state index < -0.39 is 11.9 Å². The van der Waals surface area contributed by atoms with Crippen LogP contribution in [0.5, 0.6) is 5.75 Å². The minimum absolute atomic E-state index is 0.440. The average molecular weight is 392 g/mol. The Labute approximate surface area is 151 Å². The van der Waals surface area contributed by atoms with Gasteiger partial charge >= 0.3 is 5.97 Å². The van der Waals surface area contributed by atoms with Crippen LogP contribution in [-0.4, -0.2) is 43.2 Å². The lowest BCUT2D eigenvalue weighted by Crippen LogP contribution is -2.19. The van der Waals surface area contributed by atoms with Gasteiger partial charge in [-0.1, -0.05) is 36.4 Å². The summed E-state index contributed by atoms with van der Waals surface area (Å²) in [6, 6.07) is 15.1. The highest BCUT2D eigenvalue weighted by atomic mass is 79.9. The summed E-state index contributed by atoms with van der Waals surface area (Å²) < 4.78 is 6.58. The van der Waals surface area contributed by atoms with Gasteiger partial charge in [0.25, 0.3) is 0 Å². The summed E-state index contributed by atoms with van der Waals surface area (Å²) in [5.41, 5.74) is 1.77. The fraction of sp³-hybridized carbons (Fsp3) is 0.316. The highest BCUT2D eigenvalue weighted by Gasteiger charge is 2.20. The molecule has 5 heteroatoms. The number of carboxylic acids is 1. The van der Waals surface area contributed by atoms with E-state index in [1.54, 1.807) is 0 Å². The van der Waals surface area contributed by atoms with Crippen LogP contribution in [0, 0.1) is 0 Å². The lowest BCUT2D eigenvalue weighted by atomic mass is 9.92. The first-order chi connectivity index (χ1) is 11.5. The molecule has 0 aliphatic heterocycles. The molecule has 0 aliphatic rings. The van der Waals surface area contributed by atoms with E-state index in [1.807, 2.05) is 62.6 Å².